The van der Waals surface area contributed by atoms with Crippen molar-refractivity contribution in [1.82, 2.24) is 10.2 Å². The van der Waals surface area contributed by atoms with Crippen LogP contribution in [0.1, 0.15) is 44.2 Å². The Morgan fingerprint density at radius 3 is 2.94 bits per heavy atom. The van der Waals surface area contributed by atoms with Crippen molar-refractivity contribution >= 4 is 40.4 Å². The van der Waals surface area contributed by atoms with Gasteiger partial charge in [-0.3, -0.25) is 4.79 Å². The number of allylic oxidation sites excluding steroid dienone is 1. The summed E-state index contributed by atoms with van der Waals surface area (Å²) in [6, 6.07) is 6.93. The molecule has 3 aliphatic heterocycles. The Bertz CT molecular complexity index is 1000. The van der Waals surface area contributed by atoms with E-state index in [2.05, 4.69) is 5.32 Å². The molecule has 1 aromatic rings. The number of halogens is 1. The maximum absolute atomic E-state index is 12.8. The van der Waals surface area contributed by atoms with Gasteiger partial charge in [0.15, 0.2) is 5.17 Å². The summed E-state index contributed by atoms with van der Waals surface area (Å²) in [6.07, 6.45) is 2.83. The molecular formula is C23H26ClN3O4S. The summed E-state index contributed by atoms with van der Waals surface area (Å²) in [6.45, 7) is 3.21. The Morgan fingerprint density at radius 2 is 2.25 bits per heavy atom. The molecule has 3 heterocycles. The molecule has 1 amide bonds. The van der Waals surface area contributed by atoms with Crippen molar-refractivity contribution in [3.8, 4) is 0 Å². The van der Waals surface area contributed by atoms with Crippen LogP contribution in [0.2, 0.25) is 5.02 Å². The first-order chi connectivity index (χ1) is 15.5. The van der Waals surface area contributed by atoms with Crippen molar-refractivity contribution in [2.24, 2.45) is 4.99 Å². The molecule has 32 heavy (non-hydrogen) atoms. The topological polar surface area (TPSA) is 80.2 Å². The van der Waals surface area contributed by atoms with Crippen molar-refractivity contribution in [2.45, 2.75) is 44.8 Å². The molecule has 170 valence electrons. The number of nitrogens with zero attached hydrogens (tertiary/aromatic N) is 2. The predicted octanol–water partition coefficient (Wildman–Crippen LogP) is 4.16. The highest BCUT2D eigenvalue weighted by atomic mass is 35.5. The number of aliphatic imine (C=N–C) groups is 1. The molecular weight excluding hydrogens is 450 g/mol. The van der Waals surface area contributed by atoms with E-state index in [9.17, 15) is 9.59 Å². The number of methoxy groups -OCH3 is 1. The second kappa shape index (κ2) is 10.1. The summed E-state index contributed by atoms with van der Waals surface area (Å²) in [5, 5.41) is 6.20. The van der Waals surface area contributed by atoms with Gasteiger partial charge in [-0.15, -0.1) is 0 Å². The quantitative estimate of drug-likeness (QED) is 0.596. The highest BCUT2D eigenvalue weighted by Gasteiger charge is 2.41. The number of nitrogens with one attached hydrogen (secondary N) is 1. The third-order valence-corrected chi connectivity index (χ3v) is 6.81. The Kier molecular flexibility index (Phi) is 7.23. The number of benzene rings is 1. The second-order valence-corrected chi connectivity index (χ2v) is 9.04. The molecule has 0 aliphatic carbocycles. The van der Waals surface area contributed by atoms with Crippen LogP contribution in [0.5, 0.6) is 0 Å². The van der Waals surface area contributed by atoms with Gasteiger partial charge in [-0.2, -0.15) is 0 Å². The monoisotopic (exact) mass is 475 g/mol. The highest BCUT2D eigenvalue weighted by Crippen LogP contribution is 2.45. The molecule has 7 nitrogen and oxygen atoms in total. The molecule has 2 atom stereocenters. The third-order valence-electron chi connectivity index (χ3n) is 5.69. The summed E-state index contributed by atoms with van der Waals surface area (Å²) < 4.78 is 10.7. The molecule has 0 radical (unpaired) electrons. The first-order valence-electron chi connectivity index (χ1n) is 10.7. The van der Waals surface area contributed by atoms with E-state index in [1.165, 1.54) is 18.9 Å². The van der Waals surface area contributed by atoms with Crippen LogP contribution in [0.3, 0.4) is 0 Å². The molecule has 3 aliphatic rings. The molecule has 9 heteroatoms. The van der Waals surface area contributed by atoms with Gasteiger partial charge in [-0.1, -0.05) is 42.4 Å². The molecule has 1 fully saturated rings. The number of amidine groups is 1. The van der Waals surface area contributed by atoms with Crippen LogP contribution in [-0.2, 0) is 19.1 Å². The number of rotatable bonds is 7. The lowest BCUT2D eigenvalue weighted by molar-refractivity contribution is -0.136. The van der Waals surface area contributed by atoms with E-state index in [0.29, 0.717) is 29.3 Å². The van der Waals surface area contributed by atoms with Gasteiger partial charge in [-0.05, 0) is 42.4 Å². The average Bonchev–Trinajstić information content (AvgIpc) is 3.46. The van der Waals surface area contributed by atoms with Gasteiger partial charge in [0.2, 0.25) is 5.91 Å². The van der Waals surface area contributed by atoms with E-state index in [4.69, 9.17) is 26.1 Å². The number of carbonyl (C=O) groups is 2. The van der Waals surface area contributed by atoms with E-state index < -0.39 is 12.0 Å². The maximum Gasteiger partial charge on any atom is 0.338 e. The van der Waals surface area contributed by atoms with Gasteiger partial charge in [0, 0.05) is 23.9 Å². The van der Waals surface area contributed by atoms with E-state index in [-0.39, 0.29) is 18.4 Å². The molecule has 0 bridgehead atoms. The van der Waals surface area contributed by atoms with Crippen LogP contribution in [0.25, 0.3) is 0 Å². The van der Waals surface area contributed by atoms with Crippen LogP contribution in [0.15, 0.2) is 51.6 Å². The second-order valence-electron chi connectivity index (χ2n) is 7.77. The molecule has 1 N–H and O–H groups in total. The first-order valence-corrected chi connectivity index (χ1v) is 12.0. The van der Waals surface area contributed by atoms with Crippen LogP contribution in [0, 0.1) is 0 Å². The lowest BCUT2D eigenvalue weighted by atomic mass is 9.93. The lowest BCUT2D eigenvalue weighted by Gasteiger charge is -2.36. The number of carbonyl (C=O) groups excluding carboxylic acids is 2. The van der Waals surface area contributed by atoms with Crippen LogP contribution in [0.4, 0.5) is 0 Å². The first kappa shape index (κ1) is 22.9. The van der Waals surface area contributed by atoms with Gasteiger partial charge < -0.3 is 19.7 Å². The Balaban J connectivity index is 1.63. The number of esters is 1. The number of fused-ring (bicyclic) bond motifs is 1. The number of amides is 1. The third kappa shape index (κ3) is 4.72. The number of hydrogen-bond acceptors (Lipinski definition) is 7. The van der Waals surface area contributed by atoms with E-state index >= 15 is 0 Å². The molecule has 1 aromatic carbocycles. The van der Waals surface area contributed by atoms with Gasteiger partial charge >= 0.3 is 5.97 Å². The van der Waals surface area contributed by atoms with Crippen molar-refractivity contribution < 1.29 is 19.1 Å². The van der Waals surface area contributed by atoms with Crippen molar-refractivity contribution in [3.63, 3.8) is 0 Å². The van der Waals surface area contributed by atoms with Crippen LogP contribution in [-0.4, -0.2) is 48.3 Å². The highest BCUT2D eigenvalue weighted by molar-refractivity contribution is 8.16. The van der Waals surface area contributed by atoms with Crippen molar-refractivity contribution in [1.29, 1.82) is 0 Å². The zero-order valence-electron chi connectivity index (χ0n) is 18.1. The fraction of sp³-hybridized carbons (Fsp3) is 0.435. The molecule has 0 unspecified atom stereocenters. The summed E-state index contributed by atoms with van der Waals surface area (Å²) >= 11 is 7.74. The molecule has 0 saturated carbocycles. The Hall–Kier alpha value is -2.29. The normalized spacial score (nSPS) is 22.4. The molecule has 0 spiro atoms. The zero-order chi connectivity index (χ0) is 22.7. The molecule has 1 saturated heterocycles. The number of ether oxygens (including phenoxy) is 2. The summed E-state index contributed by atoms with van der Waals surface area (Å²) in [7, 11) is 1.37. The largest absolute Gasteiger partial charge is 0.466 e. The van der Waals surface area contributed by atoms with Crippen molar-refractivity contribution in [2.75, 3.05) is 20.3 Å². The van der Waals surface area contributed by atoms with Gasteiger partial charge in [0.05, 0.1) is 36.9 Å². The predicted molar refractivity (Wildman–Crippen MR) is 125 cm³/mol. The smallest absolute Gasteiger partial charge is 0.338 e. The SMILES string of the molecule is CCC1=C(C(=O)OC)[C@@H](c2cccc(Cl)c2)N2C(CC(=O)NC[C@H]3CCCO3)=CSC2=N1. The van der Waals surface area contributed by atoms with Gasteiger partial charge in [0.1, 0.15) is 0 Å². The summed E-state index contributed by atoms with van der Waals surface area (Å²) in [5.74, 6) is -0.531. The Morgan fingerprint density at radius 1 is 1.41 bits per heavy atom. The standard InChI is InChI=1S/C23H26ClN3O4S/c1-3-18-20(22(29)30-2)21(14-6-4-7-15(24)10-14)27-16(13-32-23(27)26-18)11-19(28)25-12-17-8-5-9-31-17/h4,6-7,10,13,17,21H,3,5,8-9,11-12H2,1-2H3,(H,25,28)/t17-,21-/m1/s1. The molecule has 0 aromatic heterocycles. The fourth-order valence-electron chi connectivity index (χ4n) is 4.16. The summed E-state index contributed by atoms with van der Waals surface area (Å²) in [4.78, 5) is 32.2. The minimum atomic E-state index is -0.476. The zero-order valence-corrected chi connectivity index (χ0v) is 19.7. The van der Waals surface area contributed by atoms with E-state index in [0.717, 1.165) is 35.9 Å². The van der Waals surface area contributed by atoms with Gasteiger partial charge in [0.25, 0.3) is 0 Å². The van der Waals surface area contributed by atoms with E-state index in [1.54, 1.807) is 6.07 Å². The minimum absolute atomic E-state index is 0.0816. The lowest BCUT2D eigenvalue weighted by Crippen LogP contribution is -2.39. The number of thioether (sulfide) groups is 1. The van der Waals surface area contributed by atoms with Crippen LogP contribution >= 0.6 is 23.4 Å². The minimum Gasteiger partial charge on any atom is -0.466 e. The molecule has 4 rings (SSSR count). The summed E-state index contributed by atoms with van der Waals surface area (Å²) in [5.41, 5.74) is 2.76. The Labute approximate surface area is 196 Å². The fourth-order valence-corrected chi connectivity index (χ4v) is 5.30. The van der Waals surface area contributed by atoms with E-state index in [1.807, 2.05) is 35.4 Å². The average molecular weight is 476 g/mol. The van der Waals surface area contributed by atoms with Crippen LogP contribution < -0.4 is 5.32 Å². The number of hydrogen-bond donors (Lipinski definition) is 1. The maximum atomic E-state index is 12.8. The van der Waals surface area contributed by atoms with Crippen molar-refractivity contribution in [3.05, 3.63) is 57.2 Å². The van der Waals surface area contributed by atoms with Gasteiger partial charge in [-0.25, -0.2) is 9.79 Å².